The average Bonchev–Trinajstić information content (AvgIpc) is 2.35. The van der Waals surface area contributed by atoms with E-state index in [1.807, 2.05) is 0 Å². The van der Waals surface area contributed by atoms with Crippen molar-refractivity contribution in [1.29, 1.82) is 0 Å². The molecule has 0 fully saturated rings. The highest BCUT2D eigenvalue weighted by atomic mass is 16.5. The highest BCUT2D eigenvalue weighted by molar-refractivity contribution is 5.68. The zero-order chi connectivity index (χ0) is 12.0. The molecule has 92 valence electrons. The summed E-state index contributed by atoms with van der Waals surface area (Å²) in [6.07, 6.45) is 3.70. The van der Waals surface area contributed by atoms with Gasteiger partial charge in [-0.25, -0.2) is 0 Å². The van der Waals surface area contributed by atoms with Crippen LogP contribution in [0.2, 0.25) is 0 Å². The first-order valence-electron chi connectivity index (χ1n) is 6.68. The lowest BCUT2D eigenvalue weighted by atomic mass is 9.82. The molecule has 3 rings (SSSR count). The van der Waals surface area contributed by atoms with E-state index in [1.165, 1.54) is 42.6 Å². The SMILES string of the molecule is COc1ccc2c3c1CCCN3C(C)CC2C. The van der Waals surface area contributed by atoms with Gasteiger partial charge in [0, 0.05) is 23.8 Å². The Morgan fingerprint density at radius 1 is 1.29 bits per heavy atom. The van der Waals surface area contributed by atoms with Crippen molar-refractivity contribution in [2.45, 2.75) is 45.1 Å². The van der Waals surface area contributed by atoms with Crippen molar-refractivity contribution in [3.05, 3.63) is 23.3 Å². The fourth-order valence-electron chi connectivity index (χ4n) is 3.55. The molecule has 2 atom stereocenters. The summed E-state index contributed by atoms with van der Waals surface area (Å²) in [5, 5.41) is 0. The monoisotopic (exact) mass is 231 g/mol. The van der Waals surface area contributed by atoms with E-state index in [1.54, 1.807) is 7.11 Å². The number of rotatable bonds is 1. The predicted octanol–water partition coefficient (Wildman–Crippen LogP) is 3.34. The molecule has 2 aliphatic rings. The second kappa shape index (κ2) is 3.94. The highest BCUT2D eigenvalue weighted by Gasteiger charge is 2.32. The van der Waals surface area contributed by atoms with Crippen LogP contribution in [0.15, 0.2) is 12.1 Å². The molecule has 0 spiro atoms. The molecule has 2 aliphatic heterocycles. The number of ether oxygens (including phenoxy) is 1. The van der Waals surface area contributed by atoms with Crippen LogP contribution in [0.25, 0.3) is 0 Å². The third-order valence-electron chi connectivity index (χ3n) is 4.36. The molecule has 0 saturated heterocycles. The van der Waals surface area contributed by atoms with E-state index >= 15 is 0 Å². The molecule has 17 heavy (non-hydrogen) atoms. The Morgan fingerprint density at radius 2 is 2.12 bits per heavy atom. The Morgan fingerprint density at radius 3 is 2.88 bits per heavy atom. The van der Waals surface area contributed by atoms with Crippen molar-refractivity contribution in [1.82, 2.24) is 0 Å². The molecule has 0 radical (unpaired) electrons. The Kier molecular flexibility index (Phi) is 2.53. The van der Waals surface area contributed by atoms with Crippen LogP contribution in [0.3, 0.4) is 0 Å². The normalized spacial score (nSPS) is 26.6. The summed E-state index contributed by atoms with van der Waals surface area (Å²) in [6, 6.07) is 5.10. The van der Waals surface area contributed by atoms with Crippen molar-refractivity contribution in [3.8, 4) is 5.75 Å². The summed E-state index contributed by atoms with van der Waals surface area (Å²) < 4.78 is 5.53. The van der Waals surface area contributed by atoms with E-state index in [2.05, 4.69) is 30.9 Å². The third-order valence-corrected chi connectivity index (χ3v) is 4.36. The Balaban J connectivity index is 2.20. The van der Waals surface area contributed by atoms with Crippen LogP contribution in [0.4, 0.5) is 5.69 Å². The molecule has 0 bridgehead atoms. The maximum Gasteiger partial charge on any atom is 0.124 e. The van der Waals surface area contributed by atoms with Gasteiger partial charge in [-0.2, -0.15) is 0 Å². The summed E-state index contributed by atoms with van der Waals surface area (Å²) in [5.41, 5.74) is 4.45. The Bertz CT molecular complexity index is 441. The van der Waals surface area contributed by atoms with Gasteiger partial charge >= 0.3 is 0 Å². The minimum atomic E-state index is 0.670. The molecule has 2 unspecified atom stereocenters. The second-order valence-corrected chi connectivity index (χ2v) is 5.47. The van der Waals surface area contributed by atoms with Gasteiger partial charge in [-0.1, -0.05) is 13.0 Å². The molecule has 0 saturated carbocycles. The number of hydrogen-bond donors (Lipinski definition) is 0. The number of nitrogens with zero attached hydrogens (tertiary/aromatic N) is 1. The lowest BCUT2D eigenvalue weighted by molar-refractivity contribution is 0.403. The van der Waals surface area contributed by atoms with E-state index in [4.69, 9.17) is 4.74 Å². The minimum Gasteiger partial charge on any atom is -0.496 e. The number of benzene rings is 1. The molecule has 0 N–H and O–H groups in total. The lowest BCUT2D eigenvalue weighted by Gasteiger charge is -2.44. The molecule has 2 heteroatoms. The van der Waals surface area contributed by atoms with Gasteiger partial charge in [-0.15, -0.1) is 0 Å². The quantitative estimate of drug-likeness (QED) is 0.735. The minimum absolute atomic E-state index is 0.670. The summed E-state index contributed by atoms with van der Waals surface area (Å²) in [7, 11) is 1.78. The third kappa shape index (κ3) is 1.54. The molecular formula is C15H21NO. The molecule has 1 aromatic rings. The van der Waals surface area contributed by atoms with Crippen molar-refractivity contribution in [3.63, 3.8) is 0 Å². The first kappa shape index (κ1) is 10.9. The van der Waals surface area contributed by atoms with E-state index in [9.17, 15) is 0 Å². The van der Waals surface area contributed by atoms with Crippen molar-refractivity contribution in [2.75, 3.05) is 18.6 Å². The van der Waals surface area contributed by atoms with Crippen LogP contribution in [0.1, 0.15) is 43.7 Å². The van der Waals surface area contributed by atoms with E-state index in [0.29, 0.717) is 12.0 Å². The largest absolute Gasteiger partial charge is 0.496 e. The molecule has 0 aromatic heterocycles. The van der Waals surface area contributed by atoms with Gasteiger partial charge in [0.25, 0.3) is 0 Å². The zero-order valence-electron chi connectivity index (χ0n) is 11.0. The second-order valence-electron chi connectivity index (χ2n) is 5.47. The van der Waals surface area contributed by atoms with Gasteiger partial charge in [-0.3, -0.25) is 0 Å². The van der Waals surface area contributed by atoms with Gasteiger partial charge in [-0.05, 0) is 43.7 Å². The lowest BCUT2D eigenvalue weighted by Crippen LogP contribution is -2.42. The number of hydrogen-bond acceptors (Lipinski definition) is 2. The van der Waals surface area contributed by atoms with Gasteiger partial charge in [0.1, 0.15) is 5.75 Å². The maximum absolute atomic E-state index is 5.53. The van der Waals surface area contributed by atoms with Crippen LogP contribution >= 0.6 is 0 Å². The fourth-order valence-corrected chi connectivity index (χ4v) is 3.55. The standard InChI is InChI=1S/C15H21NO/c1-10-9-11(2)16-8-4-5-13-14(17-3)7-6-12(10)15(13)16/h6-7,10-11H,4-5,8-9H2,1-3H3. The molecule has 2 heterocycles. The summed E-state index contributed by atoms with van der Waals surface area (Å²) in [4.78, 5) is 2.59. The van der Waals surface area contributed by atoms with Gasteiger partial charge < -0.3 is 9.64 Å². The van der Waals surface area contributed by atoms with E-state index < -0.39 is 0 Å². The van der Waals surface area contributed by atoms with Crippen LogP contribution in [0, 0.1) is 0 Å². The predicted molar refractivity (Wildman–Crippen MR) is 71.2 cm³/mol. The highest BCUT2D eigenvalue weighted by Crippen LogP contribution is 2.45. The van der Waals surface area contributed by atoms with E-state index in [0.717, 1.165) is 5.75 Å². The van der Waals surface area contributed by atoms with Crippen molar-refractivity contribution < 1.29 is 4.74 Å². The maximum atomic E-state index is 5.53. The van der Waals surface area contributed by atoms with Gasteiger partial charge in [0.15, 0.2) is 0 Å². The molecule has 2 nitrogen and oxygen atoms in total. The molecule has 1 aromatic carbocycles. The fraction of sp³-hybridized carbons (Fsp3) is 0.600. The van der Waals surface area contributed by atoms with Crippen molar-refractivity contribution in [2.24, 2.45) is 0 Å². The summed E-state index contributed by atoms with van der Waals surface area (Å²) in [6.45, 7) is 5.92. The van der Waals surface area contributed by atoms with Crippen LogP contribution in [-0.4, -0.2) is 19.7 Å². The van der Waals surface area contributed by atoms with Crippen LogP contribution in [0.5, 0.6) is 5.75 Å². The smallest absolute Gasteiger partial charge is 0.124 e. The van der Waals surface area contributed by atoms with Gasteiger partial charge in [0.05, 0.1) is 7.11 Å². The zero-order valence-corrected chi connectivity index (χ0v) is 11.0. The first-order chi connectivity index (χ1) is 8.22. The average molecular weight is 231 g/mol. The summed E-state index contributed by atoms with van der Waals surface area (Å²) in [5.74, 6) is 1.76. The molecule has 0 amide bonds. The topological polar surface area (TPSA) is 12.5 Å². The van der Waals surface area contributed by atoms with E-state index in [-0.39, 0.29) is 0 Å². The van der Waals surface area contributed by atoms with Crippen LogP contribution < -0.4 is 9.64 Å². The summed E-state index contributed by atoms with van der Waals surface area (Å²) >= 11 is 0. The molecule has 0 aliphatic carbocycles. The first-order valence-corrected chi connectivity index (χ1v) is 6.68. The van der Waals surface area contributed by atoms with Gasteiger partial charge in [0.2, 0.25) is 0 Å². The van der Waals surface area contributed by atoms with Crippen LogP contribution in [-0.2, 0) is 6.42 Å². The molecular weight excluding hydrogens is 210 g/mol. The Labute approximate surface area is 104 Å². The number of anilines is 1. The Hall–Kier alpha value is -1.18. The van der Waals surface area contributed by atoms with Crippen molar-refractivity contribution >= 4 is 5.69 Å². The number of methoxy groups -OCH3 is 1.